The molecule has 0 radical (unpaired) electrons. The average molecular weight is 581 g/mol. The van der Waals surface area contributed by atoms with E-state index in [9.17, 15) is 14.7 Å². The van der Waals surface area contributed by atoms with Crippen molar-refractivity contribution in [1.82, 2.24) is 10.2 Å². The van der Waals surface area contributed by atoms with Crippen LogP contribution in [0.5, 0.6) is 5.75 Å². The van der Waals surface area contributed by atoms with Gasteiger partial charge in [-0.05, 0) is 86.5 Å². The molecule has 2 N–H and O–H groups in total. The summed E-state index contributed by atoms with van der Waals surface area (Å²) < 4.78 is 11.7. The molecular formula is C33H48N2O5Si. The van der Waals surface area contributed by atoms with Crippen molar-refractivity contribution in [3.05, 3.63) is 70.8 Å². The number of hydrogen-bond acceptors (Lipinski definition) is 5. The number of phenols is 1. The molecule has 224 valence electrons. The van der Waals surface area contributed by atoms with Crippen LogP contribution in [0.15, 0.2) is 48.5 Å². The summed E-state index contributed by atoms with van der Waals surface area (Å²) >= 11 is 0. The molecule has 7 nitrogen and oxygen atoms in total. The van der Waals surface area contributed by atoms with E-state index in [0.717, 1.165) is 24.0 Å². The van der Waals surface area contributed by atoms with Gasteiger partial charge in [0.1, 0.15) is 12.4 Å². The highest BCUT2D eigenvalue weighted by molar-refractivity contribution is 6.74. The molecule has 0 bridgehead atoms. The van der Waals surface area contributed by atoms with Gasteiger partial charge in [0.25, 0.3) is 0 Å². The number of hydrogen-bond donors (Lipinski definition) is 2. The third kappa shape index (κ3) is 9.47. The van der Waals surface area contributed by atoms with Crippen LogP contribution in [0.2, 0.25) is 18.1 Å². The smallest absolute Gasteiger partial charge is 0.407 e. The van der Waals surface area contributed by atoms with E-state index >= 15 is 0 Å². The average Bonchev–Trinajstić information content (AvgIpc) is 2.88. The third-order valence-electron chi connectivity index (χ3n) is 8.05. The Morgan fingerprint density at radius 1 is 1.02 bits per heavy atom. The van der Waals surface area contributed by atoms with Crippen LogP contribution in [0.25, 0.3) is 6.08 Å². The number of nitrogens with one attached hydrogen (secondary N) is 1. The molecule has 2 aromatic carbocycles. The van der Waals surface area contributed by atoms with Crippen LogP contribution in [0.4, 0.5) is 4.79 Å². The maximum Gasteiger partial charge on any atom is 0.407 e. The minimum Gasteiger partial charge on any atom is -0.508 e. The lowest BCUT2D eigenvalue weighted by molar-refractivity contribution is -0.126. The van der Waals surface area contributed by atoms with Gasteiger partial charge in [0.05, 0.1) is 6.61 Å². The maximum atomic E-state index is 13.1. The van der Waals surface area contributed by atoms with E-state index in [1.165, 1.54) is 5.56 Å². The zero-order valence-corrected chi connectivity index (χ0v) is 27.0. The SMILES string of the molecule is CC(C)(C)NC(=O)OCc1cccc(C2CCN(C(=O)/C=C/c3cccc(O)c3CO[Si](C)(C)C(C)(C)C)CC2)c1. The van der Waals surface area contributed by atoms with E-state index in [1.54, 1.807) is 24.3 Å². The fraction of sp³-hybridized carbons (Fsp3) is 0.515. The predicted molar refractivity (Wildman–Crippen MR) is 167 cm³/mol. The highest BCUT2D eigenvalue weighted by Gasteiger charge is 2.37. The second-order valence-corrected chi connectivity index (χ2v) is 18.3. The van der Waals surface area contributed by atoms with Crippen LogP contribution < -0.4 is 5.32 Å². The molecule has 1 aliphatic rings. The van der Waals surface area contributed by atoms with E-state index in [0.29, 0.717) is 31.2 Å². The first-order chi connectivity index (χ1) is 19.1. The lowest BCUT2D eigenvalue weighted by Crippen LogP contribution is -2.40. The number of alkyl carbamates (subject to hydrolysis) is 1. The summed E-state index contributed by atoms with van der Waals surface area (Å²) in [6, 6.07) is 13.5. The molecule has 1 aliphatic heterocycles. The number of carbonyl (C=O) groups excluding carboxylic acids is 2. The van der Waals surface area contributed by atoms with Gasteiger partial charge in [-0.1, -0.05) is 57.2 Å². The standard InChI is InChI=1S/C33H48N2O5Si/c1-32(2,3)34-31(38)39-22-24-11-9-13-27(21-24)25-17-19-35(20-18-25)30(37)16-15-26-12-10-14-29(36)28(26)23-40-41(7,8)33(4,5)6/h9-16,21,25,36H,17-20,22-23H2,1-8H3,(H,34,38)/b16-15+. The monoisotopic (exact) mass is 580 g/mol. The molecule has 0 unspecified atom stereocenters. The van der Waals surface area contributed by atoms with E-state index in [4.69, 9.17) is 9.16 Å². The number of nitrogens with zero attached hydrogens (tertiary/aromatic N) is 1. The second-order valence-electron chi connectivity index (χ2n) is 13.5. The van der Waals surface area contributed by atoms with E-state index in [-0.39, 0.29) is 28.8 Å². The number of carbonyl (C=O) groups is 2. The number of aromatic hydroxyl groups is 1. The molecule has 0 aromatic heterocycles. The third-order valence-corrected chi connectivity index (χ3v) is 12.5. The summed E-state index contributed by atoms with van der Waals surface area (Å²) in [7, 11) is -2.00. The van der Waals surface area contributed by atoms with Gasteiger partial charge in [-0.3, -0.25) is 4.79 Å². The summed E-state index contributed by atoms with van der Waals surface area (Å²) in [5.41, 5.74) is 3.31. The summed E-state index contributed by atoms with van der Waals surface area (Å²) in [5.74, 6) is 0.494. The fourth-order valence-corrected chi connectivity index (χ4v) is 5.44. The quantitative estimate of drug-likeness (QED) is 0.252. The molecular weight excluding hydrogens is 532 g/mol. The molecule has 2 amide bonds. The Bertz CT molecular complexity index is 1230. The number of piperidine rings is 1. The first-order valence-corrected chi connectivity index (χ1v) is 17.4. The highest BCUT2D eigenvalue weighted by Crippen LogP contribution is 2.38. The van der Waals surface area contributed by atoms with Gasteiger partial charge in [0.2, 0.25) is 5.91 Å². The van der Waals surface area contributed by atoms with Crippen molar-refractivity contribution in [2.75, 3.05) is 13.1 Å². The van der Waals surface area contributed by atoms with Gasteiger partial charge in [-0.25, -0.2) is 4.79 Å². The summed E-state index contributed by atoms with van der Waals surface area (Å²) in [5, 5.41) is 13.4. The van der Waals surface area contributed by atoms with Gasteiger partial charge < -0.3 is 24.5 Å². The summed E-state index contributed by atoms with van der Waals surface area (Å²) in [6.07, 6.45) is 4.70. The summed E-state index contributed by atoms with van der Waals surface area (Å²) in [4.78, 5) is 27.0. The van der Waals surface area contributed by atoms with E-state index in [2.05, 4.69) is 51.3 Å². The van der Waals surface area contributed by atoms with E-state index in [1.807, 2.05) is 43.9 Å². The predicted octanol–water partition coefficient (Wildman–Crippen LogP) is 7.36. The Morgan fingerprint density at radius 3 is 2.32 bits per heavy atom. The Hall–Kier alpha value is -3.10. The molecule has 3 rings (SSSR count). The van der Waals surface area contributed by atoms with Gasteiger partial charge in [0, 0.05) is 30.3 Å². The molecule has 0 aliphatic carbocycles. The normalized spacial score (nSPS) is 15.3. The van der Waals surface area contributed by atoms with Crippen LogP contribution in [0.1, 0.15) is 82.6 Å². The molecule has 1 fully saturated rings. The number of ether oxygens (including phenoxy) is 1. The zero-order chi connectivity index (χ0) is 30.4. The first-order valence-electron chi connectivity index (χ1n) is 14.5. The first kappa shape index (κ1) is 32.4. The molecule has 2 aromatic rings. The van der Waals surface area contributed by atoms with Crippen LogP contribution in [-0.2, 0) is 27.2 Å². The minimum absolute atomic E-state index is 0.0323. The second kappa shape index (κ2) is 13.3. The van der Waals surface area contributed by atoms with Crippen LogP contribution in [0, 0.1) is 0 Å². The zero-order valence-electron chi connectivity index (χ0n) is 26.0. The van der Waals surface area contributed by atoms with Gasteiger partial charge in [0.15, 0.2) is 8.32 Å². The Labute approximate surface area is 247 Å². The largest absolute Gasteiger partial charge is 0.508 e. The van der Waals surface area contributed by atoms with Crippen molar-refractivity contribution >= 4 is 26.4 Å². The Morgan fingerprint density at radius 2 is 1.68 bits per heavy atom. The highest BCUT2D eigenvalue weighted by atomic mass is 28.4. The van der Waals surface area contributed by atoms with Crippen LogP contribution >= 0.6 is 0 Å². The number of rotatable bonds is 8. The van der Waals surface area contributed by atoms with Crippen molar-refractivity contribution in [3.8, 4) is 5.75 Å². The maximum absolute atomic E-state index is 13.1. The van der Waals surface area contributed by atoms with Crippen molar-refractivity contribution in [2.24, 2.45) is 0 Å². The molecule has 8 heteroatoms. The van der Waals surface area contributed by atoms with Crippen molar-refractivity contribution in [3.63, 3.8) is 0 Å². The molecule has 0 spiro atoms. The van der Waals surface area contributed by atoms with Crippen molar-refractivity contribution < 1.29 is 23.9 Å². The lowest BCUT2D eigenvalue weighted by Gasteiger charge is -2.36. The fourth-order valence-electron chi connectivity index (χ4n) is 4.50. The van der Waals surface area contributed by atoms with Gasteiger partial charge >= 0.3 is 6.09 Å². The molecule has 0 atom stereocenters. The van der Waals surface area contributed by atoms with Gasteiger partial charge in [-0.15, -0.1) is 0 Å². The molecule has 0 saturated carbocycles. The topological polar surface area (TPSA) is 88.1 Å². The lowest BCUT2D eigenvalue weighted by atomic mass is 9.88. The number of likely N-dealkylation sites (tertiary alicyclic amines) is 1. The van der Waals surface area contributed by atoms with Gasteiger partial charge in [-0.2, -0.15) is 0 Å². The van der Waals surface area contributed by atoms with Crippen LogP contribution in [0.3, 0.4) is 0 Å². The Kier molecular flexibility index (Phi) is 10.5. The number of phenolic OH excluding ortho intramolecular Hbond substituents is 1. The molecule has 41 heavy (non-hydrogen) atoms. The van der Waals surface area contributed by atoms with Crippen molar-refractivity contribution in [1.29, 1.82) is 0 Å². The molecule has 1 saturated heterocycles. The van der Waals surface area contributed by atoms with Crippen LogP contribution in [-0.4, -0.2) is 49.0 Å². The van der Waals surface area contributed by atoms with E-state index < -0.39 is 14.4 Å². The van der Waals surface area contributed by atoms with Crippen molar-refractivity contribution in [2.45, 2.75) is 97.2 Å². The molecule has 1 heterocycles. The number of benzene rings is 2. The summed E-state index contributed by atoms with van der Waals surface area (Å²) in [6.45, 7) is 18.6. The minimum atomic E-state index is -2.00. The Balaban J connectivity index is 1.57. The number of amides is 2.